The SMILES string of the molecule is CCN1C(=O)/C(=C/c2cn(-c3ccccc3)nc2-c2ccc(OC)cc2)SC1=S. The number of rotatable bonds is 5. The van der Waals surface area contributed by atoms with E-state index in [0.717, 1.165) is 28.3 Å². The van der Waals surface area contributed by atoms with Crippen LogP contribution in [0.25, 0.3) is 23.0 Å². The molecule has 4 rings (SSSR count). The molecule has 1 saturated heterocycles. The lowest BCUT2D eigenvalue weighted by molar-refractivity contribution is -0.121. The molecule has 3 aromatic rings. The highest BCUT2D eigenvalue weighted by atomic mass is 32.2. The second-order valence-electron chi connectivity index (χ2n) is 6.37. The van der Waals surface area contributed by atoms with Crippen molar-refractivity contribution in [3.05, 3.63) is 71.3 Å². The van der Waals surface area contributed by atoms with Crippen molar-refractivity contribution in [1.82, 2.24) is 14.7 Å². The van der Waals surface area contributed by atoms with E-state index in [2.05, 4.69) is 0 Å². The highest BCUT2D eigenvalue weighted by Gasteiger charge is 2.31. The van der Waals surface area contributed by atoms with Crippen LogP contribution >= 0.6 is 24.0 Å². The number of benzene rings is 2. The average Bonchev–Trinajstić information content (AvgIpc) is 3.29. The third kappa shape index (κ3) is 3.83. The van der Waals surface area contributed by atoms with Crippen LogP contribution in [0.3, 0.4) is 0 Å². The minimum absolute atomic E-state index is 0.0596. The molecule has 7 heteroatoms. The monoisotopic (exact) mass is 421 g/mol. The Bertz CT molecular complexity index is 1090. The molecule has 1 aliphatic heterocycles. The van der Waals surface area contributed by atoms with Gasteiger partial charge in [0.1, 0.15) is 10.1 Å². The molecule has 1 aliphatic rings. The van der Waals surface area contributed by atoms with Crippen molar-refractivity contribution in [3.63, 3.8) is 0 Å². The summed E-state index contributed by atoms with van der Waals surface area (Å²) in [6.07, 6.45) is 3.81. The lowest BCUT2D eigenvalue weighted by atomic mass is 10.1. The smallest absolute Gasteiger partial charge is 0.266 e. The van der Waals surface area contributed by atoms with Gasteiger partial charge in [-0.25, -0.2) is 4.68 Å². The van der Waals surface area contributed by atoms with Crippen LogP contribution < -0.4 is 4.74 Å². The lowest BCUT2D eigenvalue weighted by Gasteiger charge is -2.09. The van der Waals surface area contributed by atoms with Gasteiger partial charge in [0.15, 0.2) is 0 Å². The molecule has 146 valence electrons. The number of hydrogen-bond donors (Lipinski definition) is 0. The molecule has 0 aliphatic carbocycles. The number of nitrogens with zero attached hydrogens (tertiary/aromatic N) is 3. The van der Waals surface area contributed by atoms with E-state index in [0.29, 0.717) is 15.8 Å². The van der Waals surface area contributed by atoms with Crippen molar-refractivity contribution in [1.29, 1.82) is 0 Å². The zero-order chi connectivity index (χ0) is 20.4. The molecule has 0 bridgehead atoms. The Hall–Kier alpha value is -2.90. The maximum atomic E-state index is 12.7. The Kier molecular flexibility index (Phi) is 5.51. The standard InChI is InChI=1S/C22H19N3O2S2/c1-3-24-21(26)19(29-22(24)28)13-16-14-25(17-7-5-4-6-8-17)23-20(16)15-9-11-18(27-2)12-10-15/h4-14H,3H2,1-2H3/b19-13-. The summed E-state index contributed by atoms with van der Waals surface area (Å²) in [6, 6.07) is 17.6. The third-order valence-corrected chi connectivity index (χ3v) is 5.98. The summed E-state index contributed by atoms with van der Waals surface area (Å²) in [5.74, 6) is 0.720. The fourth-order valence-electron chi connectivity index (χ4n) is 3.09. The van der Waals surface area contributed by atoms with Gasteiger partial charge in [-0.1, -0.05) is 42.2 Å². The number of ether oxygens (including phenoxy) is 1. The summed E-state index contributed by atoms with van der Waals surface area (Å²) in [5, 5.41) is 4.80. The van der Waals surface area contributed by atoms with Gasteiger partial charge in [0.05, 0.1) is 23.4 Å². The van der Waals surface area contributed by atoms with E-state index in [-0.39, 0.29) is 5.91 Å². The van der Waals surface area contributed by atoms with Crippen LogP contribution in [0.5, 0.6) is 5.75 Å². The van der Waals surface area contributed by atoms with Crippen LogP contribution in [0.15, 0.2) is 65.7 Å². The summed E-state index contributed by atoms with van der Waals surface area (Å²) < 4.78 is 7.68. The number of thiocarbonyl (C=S) groups is 1. The molecule has 1 amide bonds. The minimum atomic E-state index is -0.0596. The van der Waals surface area contributed by atoms with E-state index in [9.17, 15) is 4.79 Å². The predicted octanol–water partition coefficient (Wildman–Crippen LogP) is 4.77. The van der Waals surface area contributed by atoms with Gasteiger partial charge in [0, 0.05) is 23.9 Å². The molecule has 1 fully saturated rings. The molecule has 1 aromatic heterocycles. The Morgan fingerprint density at radius 2 is 1.86 bits per heavy atom. The molecular formula is C22H19N3O2S2. The molecule has 29 heavy (non-hydrogen) atoms. The maximum Gasteiger partial charge on any atom is 0.266 e. The Morgan fingerprint density at radius 1 is 1.14 bits per heavy atom. The molecule has 0 radical (unpaired) electrons. The number of amides is 1. The fourth-order valence-corrected chi connectivity index (χ4v) is 4.47. The number of carbonyl (C=O) groups excluding carboxylic acids is 1. The molecule has 0 saturated carbocycles. The molecular weight excluding hydrogens is 402 g/mol. The normalized spacial score (nSPS) is 15.4. The first-order valence-electron chi connectivity index (χ1n) is 9.15. The Morgan fingerprint density at radius 3 is 2.48 bits per heavy atom. The van der Waals surface area contributed by atoms with Crippen LogP contribution in [0, 0.1) is 0 Å². The number of hydrogen-bond acceptors (Lipinski definition) is 5. The number of methoxy groups -OCH3 is 1. The van der Waals surface area contributed by atoms with Crippen molar-refractivity contribution in [2.75, 3.05) is 13.7 Å². The maximum absolute atomic E-state index is 12.7. The molecule has 0 spiro atoms. The summed E-state index contributed by atoms with van der Waals surface area (Å²) in [7, 11) is 1.64. The van der Waals surface area contributed by atoms with Gasteiger partial charge in [-0.3, -0.25) is 9.69 Å². The zero-order valence-corrected chi connectivity index (χ0v) is 17.7. The summed E-state index contributed by atoms with van der Waals surface area (Å²) in [5.41, 5.74) is 3.54. The zero-order valence-electron chi connectivity index (χ0n) is 16.0. The van der Waals surface area contributed by atoms with E-state index >= 15 is 0 Å². The molecule has 5 nitrogen and oxygen atoms in total. The first-order chi connectivity index (χ1) is 14.1. The quantitative estimate of drug-likeness (QED) is 0.439. The molecule has 0 atom stereocenters. The van der Waals surface area contributed by atoms with Gasteiger partial charge in [0.2, 0.25) is 0 Å². The number of thioether (sulfide) groups is 1. The van der Waals surface area contributed by atoms with Gasteiger partial charge in [-0.2, -0.15) is 5.10 Å². The minimum Gasteiger partial charge on any atom is -0.497 e. The van der Waals surface area contributed by atoms with Crippen molar-refractivity contribution in [3.8, 4) is 22.7 Å². The second kappa shape index (κ2) is 8.23. The summed E-state index contributed by atoms with van der Waals surface area (Å²) >= 11 is 6.67. The highest BCUT2D eigenvalue weighted by molar-refractivity contribution is 8.26. The van der Waals surface area contributed by atoms with Crippen LogP contribution in [-0.2, 0) is 4.79 Å². The van der Waals surface area contributed by atoms with Gasteiger partial charge in [-0.05, 0) is 49.4 Å². The summed E-state index contributed by atoms with van der Waals surface area (Å²) in [6.45, 7) is 2.49. The molecule has 0 unspecified atom stereocenters. The van der Waals surface area contributed by atoms with E-state index in [1.165, 1.54) is 11.8 Å². The Balaban J connectivity index is 1.81. The van der Waals surface area contributed by atoms with Crippen molar-refractivity contribution in [2.45, 2.75) is 6.92 Å². The lowest BCUT2D eigenvalue weighted by Crippen LogP contribution is -2.27. The van der Waals surface area contributed by atoms with Crippen LogP contribution in [0.1, 0.15) is 12.5 Å². The second-order valence-corrected chi connectivity index (χ2v) is 8.04. The largest absolute Gasteiger partial charge is 0.497 e. The van der Waals surface area contributed by atoms with E-state index < -0.39 is 0 Å². The fraction of sp³-hybridized carbons (Fsp3) is 0.136. The average molecular weight is 422 g/mol. The molecule has 2 heterocycles. The van der Waals surface area contributed by atoms with Crippen molar-refractivity contribution < 1.29 is 9.53 Å². The van der Waals surface area contributed by atoms with Gasteiger partial charge < -0.3 is 4.74 Å². The highest BCUT2D eigenvalue weighted by Crippen LogP contribution is 2.35. The van der Waals surface area contributed by atoms with Crippen LogP contribution in [-0.4, -0.2) is 38.6 Å². The van der Waals surface area contributed by atoms with Gasteiger partial charge in [-0.15, -0.1) is 0 Å². The van der Waals surface area contributed by atoms with Crippen LogP contribution in [0.2, 0.25) is 0 Å². The number of likely N-dealkylation sites (N-methyl/N-ethyl adjacent to an activating group) is 1. The van der Waals surface area contributed by atoms with Gasteiger partial charge >= 0.3 is 0 Å². The van der Waals surface area contributed by atoms with Crippen molar-refractivity contribution >= 4 is 40.3 Å². The van der Waals surface area contributed by atoms with Gasteiger partial charge in [0.25, 0.3) is 5.91 Å². The first-order valence-corrected chi connectivity index (χ1v) is 10.4. The topological polar surface area (TPSA) is 47.4 Å². The number of para-hydroxylation sites is 1. The number of aromatic nitrogens is 2. The van der Waals surface area contributed by atoms with E-state index in [4.69, 9.17) is 22.1 Å². The first kappa shape index (κ1) is 19.4. The summed E-state index contributed by atoms with van der Waals surface area (Å²) in [4.78, 5) is 14.9. The van der Waals surface area contributed by atoms with Crippen LogP contribution in [0.4, 0.5) is 0 Å². The molecule has 0 N–H and O–H groups in total. The predicted molar refractivity (Wildman–Crippen MR) is 121 cm³/mol. The van der Waals surface area contributed by atoms with E-state index in [1.54, 1.807) is 12.0 Å². The van der Waals surface area contributed by atoms with E-state index in [1.807, 2.05) is 78.5 Å². The third-order valence-electron chi connectivity index (χ3n) is 4.60. The molecule has 2 aromatic carbocycles. The van der Waals surface area contributed by atoms with Crippen molar-refractivity contribution in [2.24, 2.45) is 0 Å². The number of carbonyl (C=O) groups is 1. The Labute approximate surface area is 179 Å².